The van der Waals surface area contributed by atoms with Crippen molar-refractivity contribution in [3.05, 3.63) is 95.1 Å². The number of carbonyl (C=O) groups is 1. The van der Waals surface area contributed by atoms with E-state index in [1.807, 2.05) is 65.6 Å². The second kappa shape index (κ2) is 13.9. The molecule has 41 heavy (non-hydrogen) atoms. The molecule has 4 atom stereocenters. The van der Waals surface area contributed by atoms with Crippen LogP contribution in [-0.2, 0) is 33.8 Å². The Hall–Kier alpha value is -3.55. The second-order valence-electron chi connectivity index (χ2n) is 10.8. The largest absolute Gasteiger partial charge is 0.496 e. The van der Waals surface area contributed by atoms with Crippen molar-refractivity contribution in [3.8, 4) is 11.5 Å². The molecule has 2 heterocycles. The van der Waals surface area contributed by atoms with Crippen molar-refractivity contribution in [1.82, 2.24) is 4.90 Å². The maximum Gasteiger partial charge on any atom is 0.410 e. The van der Waals surface area contributed by atoms with Gasteiger partial charge in [0.15, 0.2) is 6.29 Å². The van der Waals surface area contributed by atoms with Crippen LogP contribution in [0.15, 0.2) is 72.8 Å². The highest BCUT2D eigenvalue weighted by Gasteiger charge is 2.41. The zero-order valence-corrected chi connectivity index (χ0v) is 24.3. The highest BCUT2D eigenvalue weighted by Crippen LogP contribution is 2.46. The number of amides is 1. The van der Waals surface area contributed by atoms with E-state index in [2.05, 4.69) is 19.1 Å². The van der Waals surface area contributed by atoms with E-state index in [-0.39, 0.29) is 36.9 Å². The van der Waals surface area contributed by atoms with Crippen LogP contribution in [0, 0.1) is 11.8 Å². The van der Waals surface area contributed by atoms with E-state index in [0.717, 1.165) is 53.0 Å². The molecule has 218 valence electrons. The maximum atomic E-state index is 13.6. The van der Waals surface area contributed by atoms with Crippen molar-refractivity contribution in [2.75, 3.05) is 27.4 Å². The third-order valence-corrected chi connectivity index (χ3v) is 8.45. The molecular formula is C34H41NO6. The third-order valence-electron chi connectivity index (χ3n) is 8.45. The molecule has 7 heteroatoms. The Bertz CT molecular complexity index is 1270. The highest BCUT2D eigenvalue weighted by atomic mass is 16.7. The van der Waals surface area contributed by atoms with E-state index in [0.29, 0.717) is 26.2 Å². The molecule has 0 N–H and O–H groups in total. The van der Waals surface area contributed by atoms with Gasteiger partial charge in [0.2, 0.25) is 0 Å². The Balaban J connectivity index is 1.40. The standard InChI is InChI=1S/C34H41NO6/c1-4-27-26(18-20-39-33(27)40-22-24-11-7-5-8-12-24)21-29-32-28(30(37-2)15-16-31(32)38-3)17-19-35(29)34(36)41-23-25-13-9-6-10-14-25/h5-16,26-27,29,33H,4,17-23H2,1-3H3/t26-,27?,29+,33?/m1/s1. The van der Waals surface area contributed by atoms with Gasteiger partial charge in [0.05, 0.1) is 33.5 Å². The molecule has 0 bridgehead atoms. The van der Waals surface area contributed by atoms with Gasteiger partial charge in [0.1, 0.15) is 18.1 Å². The molecule has 7 nitrogen and oxygen atoms in total. The van der Waals surface area contributed by atoms with Crippen molar-refractivity contribution in [2.24, 2.45) is 11.8 Å². The van der Waals surface area contributed by atoms with Crippen molar-refractivity contribution < 1.29 is 28.5 Å². The first kappa shape index (κ1) is 29.0. The van der Waals surface area contributed by atoms with Crippen LogP contribution in [0.4, 0.5) is 4.79 Å². The Kier molecular flexibility index (Phi) is 9.80. The first-order chi connectivity index (χ1) is 20.1. The zero-order chi connectivity index (χ0) is 28.6. The van der Waals surface area contributed by atoms with Gasteiger partial charge in [-0.1, -0.05) is 67.6 Å². The molecule has 0 saturated carbocycles. The molecule has 1 saturated heterocycles. The minimum Gasteiger partial charge on any atom is -0.496 e. The number of hydrogen-bond acceptors (Lipinski definition) is 6. The number of hydrogen-bond donors (Lipinski definition) is 0. The van der Waals surface area contributed by atoms with Crippen LogP contribution in [0.1, 0.15) is 54.5 Å². The Labute approximate surface area is 243 Å². The van der Waals surface area contributed by atoms with Crippen molar-refractivity contribution in [3.63, 3.8) is 0 Å². The lowest BCUT2D eigenvalue weighted by atomic mass is 9.77. The molecule has 0 spiro atoms. The SMILES string of the molecule is CCC1C(OCc2ccccc2)OCC[C@@H]1C[C@H]1c2c(OC)ccc(OC)c2CCN1C(=O)OCc1ccccc1. The number of nitrogens with zero attached hydrogens (tertiary/aromatic N) is 1. The summed E-state index contributed by atoms with van der Waals surface area (Å²) in [4.78, 5) is 15.5. The molecule has 1 amide bonds. The highest BCUT2D eigenvalue weighted by molar-refractivity contribution is 5.70. The predicted octanol–water partition coefficient (Wildman–Crippen LogP) is 6.94. The van der Waals surface area contributed by atoms with Crippen molar-refractivity contribution in [2.45, 2.75) is 58.2 Å². The van der Waals surface area contributed by atoms with Crippen LogP contribution in [-0.4, -0.2) is 44.7 Å². The molecule has 0 aliphatic carbocycles. The molecular weight excluding hydrogens is 518 g/mol. The van der Waals surface area contributed by atoms with Gasteiger partial charge in [-0.15, -0.1) is 0 Å². The predicted molar refractivity (Wildman–Crippen MR) is 157 cm³/mol. The number of fused-ring (bicyclic) bond motifs is 1. The van der Waals surface area contributed by atoms with Gasteiger partial charge in [-0.25, -0.2) is 4.79 Å². The van der Waals surface area contributed by atoms with Crippen LogP contribution in [0.5, 0.6) is 11.5 Å². The van der Waals surface area contributed by atoms with Gasteiger partial charge < -0.3 is 28.6 Å². The van der Waals surface area contributed by atoms with Crippen LogP contribution in [0.3, 0.4) is 0 Å². The molecule has 2 unspecified atom stereocenters. The van der Waals surface area contributed by atoms with E-state index in [1.165, 1.54) is 0 Å². The molecule has 5 rings (SSSR count). The minimum absolute atomic E-state index is 0.191. The summed E-state index contributed by atoms with van der Waals surface area (Å²) >= 11 is 0. The molecule has 3 aromatic rings. The molecule has 3 aromatic carbocycles. The number of rotatable bonds is 10. The van der Waals surface area contributed by atoms with Crippen LogP contribution in [0.25, 0.3) is 0 Å². The second-order valence-corrected chi connectivity index (χ2v) is 10.8. The smallest absolute Gasteiger partial charge is 0.410 e. The van der Waals surface area contributed by atoms with Crippen LogP contribution in [0.2, 0.25) is 0 Å². The summed E-state index contributed by atoms with van der Waals surface area (Å²) in [7, 11) is 3.38. The molecule has 0 aromatic heterocycles. The Morgan fingerprint density at radius 2 is 1.56 bits per heavy atom. The number of methoxy groups -OCH3 is 2. The van der Waals surface area contributed by atoms with E-state index in [4.69, 9.17) is 23.7 Å². The zero-order valence-electron chi connectivity index (χ0n) is 24.3. The fraction of sp³-hybridized carbons (Fsp3) is 0.441. The molecule has 1 fully saturated rings. The minimum atomic E-state index is -0.314. The first-order valence-electron chi connectivity index (χ1n) is 14.6. The number of ether oxygens (including phenoxy) is 5. The summed E-state index contributed by atoms with van der Waals surface area (Å²) < 4.78 is 30.0. The lowest BCUT2D eigenvalue weighted by Gasteiger charge is -2.43. The lowest BCUT2D eigenvalue weighted by Crippen LogP contribution is -2.44. The van der Waals surface area contributed by atoms with E-state index in [9.17, 15) is 4.79 Å². The lowest BCUT2D eigenvalue weighted by molar-refractivity contribution is -0.216. The number of carbonyl (C=O) groups excluding carboxylic acids is 1. The molecule has 2 aliphatic heterocycles. The van der Waals surface area contributed by atoms with Gasteiger partial charge in [0.25, 0.3) is 0 Å². The summed E-state index contributed by atoms with van der Waals surface area (Å²) in [6.45, 7) is 4.09. The van der Waals surface area contributed by atoms with Crippen molar-refractivity contribution >= 4 is 6.09 Å². The normalized spacial score (nSPS) is 22.1. The van der Waals surface area contributed by atoms with Crippen LogP contribution < -0.4 is 9.47 Å². The van der Waals surface area contributed by atoms with Gasteiger partial charge in [-0.05, 0) is 54.9 Å². The molecule has 2 aliphatic rings. The average Bonchev–Trinajstić information content (AvgIpc) is 3.03. The number of benzene rings is 3. The summed E-state index contributed by atoms with van der Waals surface area (Å²) in [6.07, 6.45) is 2.62. The first-order valence-corrected chi connectivity index (χ1v) is 14.6. The Morgan fingerprint density at radius 3 is 2.22 bits per heavy atom. The van der Waals surface area contributed by atoms with E-state index < -0.39 is 0 Å². The van der Waals surface area contributed by atoms with Gasteiger partial charge in [0, 0.05) is 23.6 Å². The Morgan fingerprint density at radius 1 is 0.902 bits per heavy atom. The van der Waals surface area contributed by atoms with Gasteiger partial charge >= 0.3 is 6.09 Å². The molecule has 0 radical (unpaired) electrons. The fourth-order valence-corrected chi connectivity index (χ4v) is 6.35. The van der Waals surface area contributed by atoms with Crippen LogP contribution >= 0.6 is 0 Å². The summed E-state index contributed by atoms with van der Waals surface area (Å²) in [5, 5.41) is 0. The van der Waals surface area contributed by atoms with Gasteiger partial charge in [-0.3, -0.25) is 0 Å². The van der Waals surface area contributed by atoms with Crippen molar-refractivity contribution in [1.29, 1.82) is 0 Å². The summed E-state index contributed by atoms with van der Waals surface area (Å²) in [6, 6.07) is 23.6. The average molecular weight is 560 g/mol. The quantitative estimate of drug-likeness (QED) is 0.268. The van der Waals surface area contributed by atoms with E-state index >= 15 is 0 Å². The third kappa shape index (κ3) is 6.68. The van der Waals surface area contributed by atoms with E-state index in [1.54, 1.807) is 14.2 Å². The maximum absolute atomic E-state index is 13.6. The topological polar surface area (TPSA) is 66.5 Å². The summed E-state index contributed by atoms with van der Waals surface area (Å²) in [5.41, 5.74) is 4.19. The summed E-state index contributed by atoms with van der Waals surface area (Å²) in [5.74, 6) is 2.07. The van der Waals surface area contributed by atoms with Gasteiger partial charge in [-0.2, -0.15) is 0 Å². The monoisotopic (exact) mass is 559 g/mol. The fourth-order valence-electron chi connectivity index (χ4n) is 6.35.